The molecule has 18 heavy (non-hydrogen) atoms. The highest BCUT2D eigenvalue weighted by atomic mass is 19.4. The maximum absolute atomic E-state index is 12.6. The van der Waals surface area contributed by atoms with Crippen molar-refractivity contribution in [2.45, 2.75) is 12.7 Å². The van der Waals surface area contributed by atoms with Gasteiger partial charge in [-0.25, -0.2) is 0 Å². The minimum Gasteiger partial charge on any atom is -0.326 e. The summed E-state index contributed by atoms with van der Waals surface area (Å²) in [6.45, 7) is 0.420. The van der Waals surface area contributed by atoms with Gasteiger partial charge in [-0.15, -0.1) is 0 Å². The predicted octanol–water partition coefficient (Wildman–Crippen LogP) is 3.83. The van der Waals surface area contributed by atoms with Crippen LogP contribution in [-0.4, -0.2) is 0 Å². The summed E-state index contributed by atoms with van der Waals surface area (Å²) in [4.78, 5) is 0. The molecule has 0 bridgehead atoms. The van der Waals surface area contributed by atoms with Crippen molar-refractivity contribution in [2.75, 3.05) is 0 Å². The van der Waals surface area contributed by atoms with Crippen LogP contribution in [0.25, 0.3) is 11.1 Å². The summed E-state index contributed by atoms with van der Waals surface area (Å²) in [7, 11) is 0. The molecule has 2 N–H and O–H groups in total. The number of hydrogen-bond donors (Lipinski definition) is 1. The van der Waals surface area contributed by atoms with Crippen LogP contribution in [0, 0.1) is 0 Å². The van der Waals surface area contributed by atoms with Gasteiger partial charge in [0, 0.05) is 6.54 Å². The monoisotopic (exact) mass is 251 g/mol. The third kappa shape index (κ3) is 2.71. The number of halogens is 3. The van der Waals surface area contributed by atoms with Gasteiger partial charge in [0.25, 0.3) is 0 Å². The summed E-state index contributed by atoms with van der Waals surface area (Å²) in [6, 6.07) is 12.5. The molecule has 0 amide bonds. The highest BCUT2D eigenvalue weighted by Gasteiger charge is 2.30. The maximum atomic E-state index is 12.6. The minimum atomic E-state index is -4.31. The van der Waals surface area contributed by atoms with Gasteiger partial charge < -0.3 is 5.73 Å². The molecule has 0 spiro atoms. The van der Waals surface area contributed by atoms with Crippen LogP contribution in [0.2, 0.25) is 0 Å². The second-order valence-corrected chi connectivity index (χ2v) is 3.98. The van der Waals surface area contributed by atoms with Crippen LogP contribution in [0.15, 0.2) is 48.5 Å². The van der Waals surface area contributed by atoms with Crippen LogP contribution in [0.1, 0.15) is 11.1 Å². The molecule has 94 valence electrons. The summed E-state index contributed by atoms with van der Waals surface area (Å²) in [5, 5.41) is 0. The third-order valence-electron chi connectivity index (χ3n) is 2.71. The molecule has 1 nitrogen and oxygen atoms in total. The molecule has 0 aliphatic heterocycles. The molecule has 0 radical (unpaired) electrons. The Bertz CT molecular complexity index is 529. The quantitative estimate of drug-likeness (QED) is 0.862. The first kappa shape index (κ1) is 12.6. The van der Waals surface area contributed by atoms with E-state index in [1.165, 1.54) is 6.07 Å². The smallest absolute Gasteiger partial charge is 0.326 e. The van der Waals surface area contributed by atoms with E-state index >= 15 is 0 Å². The minimum absolute atomic E-state index is 0.420. The maximum Gasteiger partial charge on any atom is 0.416 e. The zero-order valence-electron chi connectivity index (χ0n) is 9.54. The molecule has 0 unspecified atom stereocenters. The molecule has 0 aromatic heterocycles. The van der Waals surface area contributed by atoms with Crippen molar-refractivity contribution in [1.82, 2.24) is 0 Å². The largest absolute Gasteiger partial charge is 0.416 e. The Morgan fingerprint density at radius 2 is 1.56 bits per heavy atom. The molecule has 0 fully saturated rings. The first-order valence-corrected chi connectivity index (χ1v) is 5.47. The Morgan fingerprint density at radius 1 is 0.889 bits per heavy atom. The molecule has 0 aliphatic rings. The molecule has 0 atom stereocenters. The molecule has 0 aliphatic carbocycles. The van der Waals surface area contributed by atoms with Crippen molar-refractivity contribution in [3.05, 3.63) is 59.7 Å². The lowest BCUT2D eigenvalue weighted by atomic mass is 10.0. The van der Waals surface area contributed by atoms with Gasteiger partial charge in [-0.2, -0.15) is 13.2 Å². The van der Waals surface area contributed by atoms with Crippen molar-refractivity contribution in [1.29, 1.82) is 0 Å². The summed E-state index contributed by atoms with van der Waals surface area (Å²) >= 11 is 0. The Balaban J connectivity index is 2.38. The fraction of sp³-hybridized carbons (Fsp3) is 0.143. The summed E-state index contributed by atoms with van der Waals surface area (Å²) < 4.78 is 37.8. The summed E-state index contributed by atoms with van der Waals surface area (Å²) in [5.74, 6) is 0. The fourth-order valence-corrected chi connectivity index (χ4v) is 1.71. The zero-order valence-corrected chi connectivity index (χ0v) is 9.54. The molecule has 0 heterocycles. The van der Waals surface area contributed by atoms with Crippen LogP contribution in [0.4, 0.5) is 13.2 Å². The zero-order chi connectivity index (χ0) is 13.2. The van der Waals surface area contributed by atoms with Gasteiger partial charge in [0.15, 0.2) is 0 Å². The summed E-state index contributed by atoms with van der Waals surface area (Å²) in [5.41, 5.74) is 7.08. The second kappa shape index (κ2) is 4.82. The van der Waals surface area contributed by atoms with Gasteiger partial charge in [-0.3, -0.25) is 0 Å². The van der Waals surface area contributed by atoms with Crippen molar-refractivity contribution >= 4 is 0 Å². The predicted molar refractivity (Wildman–Crippen MR) is 64.8 cm³/mol. The SMILES string of the molecule is NCc1ccc(-c2cccc(C(F)(F)F)c2)cc1. The van der Waals surface area contributed by atoms with E-state index in [0.717, 1.165) is 23.3 Å². The van der Waals surface area contributed by atoms with Crippen LogP contribution in [-0.2, 0) is 12.7 Å². The standard InChI is InChI=1S/C14H12F3N/c15-14(16,17)13-3-1-2-12(8-13)11-6-4-10(9-18)5-7-11/h1-8H,9,18H2. The molecule has 2 rings (SSSR count). The van der Waals surface area contributed by atoms with Gasteiger partial charge >= 0.3 is 6.18 Å². The Hall–Kier alpha value is -1.81. The number of alkyl halides is 3. The topological polar surface area (TPSA) is 26.0 Å². The number of nitrogens with two attached hydrogens (primary N) is 1. The number of hydrogen-bond acceptors (Lipinski definition) is 1. The lowest BCUT2D eigenvalue weighted by Crippen LogP contribution is -2.04. The van der Waals surface area contributed by atoms with Crippen molar-refractivity contribution < 1.29 is 13.2 Å². The van der Waals surface area contributed by atoms with E-state index in [1.54, 1.807) is 18.2 Å². The van der Waals surface area contributed by atoms with E-state index in [1.807, 2.05) is 12.1 Å². The highest BCUT2D eigenvalue weighted by Crippen LogP contribution is 2.32. The fourth-order valence-electron chi connectivity index (χ4n) is 1.71. The lowest BCUT2D eigenvalue weighted by molar-refractivity contribution is -0.137. The van der Waals surface area contributed by atoms with E-state index in [-0.39, 0.29) is 0 Å². The van der Waals surface area contributed by atoms with Gasteiger partial charge in [-0.05, 0) is 28.8 Å². The van der Waals surface area contributed by atoms with Crippen LogP contribution in [0.5, 0.6) is 0 Å². The van der Waals surface area contributed by atoms with E-state index in [0.29, 0.717) is 12.1 Å². The number of rotatable bonds is 2. The summed E-state index contributed by atoms with van der Waals surface area (Å²) in [6.07, 6.45) is -4.31. The molecule has 0 saturated heterocycles. The third-order valence-corrected chi connectivity index (χ3v) is 2.71. The van der Waals surface area contributed by atoms with Crippen LogP contribution in [0.3, 0.4) is 0 Å². The molecular weight excluding hydrogens is 239 g/mol. The average molecular weight is 251 g/mol. The van der Waals surface area contributed by atoms with Crippen LogP contribution < -0.4 is 5.73 Å². The molecule has 4 heteroatoms. The van der Waals surface area contributed by atoms with Gasteiger partial charge in [-0.1, -0.05) is 36.4 Å². The Morgan fingerprint density at radius 3 is 2.11 bits per heavy atom. The van der Waals surface area contributed by atoms with E-state index in [9.17, 15) is 13.2 Å². The molecule has 2 aromatic rings. The lowest BCUT2D eigenvalue weighted by Gasteiger charge is -2.09. The average Bonchev–Trinajstić information content (AvgIpc) is 2.38. The van der Waals surface area contributed by atoms with Gasteiger partial charge in [0.05, 0.1) is 5.56 Å². The molecule has 2 aromatic carbocycles. The van der Waals surface area contributed by atoms with E-state index in [4.69, 9.17) is 5.73 Å². The molecular formula is C14H12F3N. The van der Waals surface area contributed by atoms with Crippen molar-refractivity contribution in [2.24, 2.45) is 5.73 Å². The second-order valence-electron chi connectivity index (χ2n) is 3.98. The first-order valence-electron chi connectivity index (χ1n) is 5.47. The van der Waals surface area contributed by atoms with Gasteiger partial charge in [0.1, 0.15) is 0 Å². The van der Waals surface area contributed by atoms with Crippen molar-refractivity contribution in [3.63, 3.8) is 0 Å². The highest BCUT2D eigenvalue weighted by molar-refractivity contribution is 5.64. The Labute approximate surface area is 103 Å². The van der Waals surface area contributed by atoms with Crippen LogP contribution >= 0.6 is 0 Å². The molecule has 0 saturated carbocycles. The first-order chi connectivity index (χ1) is 8.50. The Kier molecular flexibility index (Phi) is 3.39. The van der Waals surface area contributed by atoms with Gasteiger partial charge in [0.2, 0.25) is 0 Å². The van der Waals surface area contributed by atoms with E-state index < -0.39 is 11.7 Å². The van der Waals surface area contributed by atoms with Crippen molar-refractivity contribution in [3.8, 4) is 11.1 Å². The van der Waals surface area contributed by atoms with E-state index in [2.05, 4.69) is 0 Å². The number of benzene rings is 2. The normalized spacial score (nSPS) is 11.6.